The summed E-state index contributed by atoms with van der Waals surface area (Å²) in [6.07, 6.45) is 6.55. The Bertz CT molecular complexity index is 371. The number of nitrogens with one attached hydrogen (secondary N) is 2. The molecule has 1 saturated carbocycles. The summed E-state index contributed by atoms with van der Waals surface area (Å²) in [6, 6.07) is 9.65. The maximum atomic E-state index is 11.9. The van der Waals surface area contributed by atoms with Gasteiger partial charge in [-0.1, -0.05) is 37.5 Å². The van der Waals surface area contributed by atoms with E-state index in [4.69, 9.17) is 0 Å². The molecule has 1 aliphatic rings. The highest BCUT2D eigenvalue weighted by atomic mass is 16.2. The van der Waals surface area contributed by atoms with E-state index >= 15 is 0 Å². The van der Waals surface area contributed by atoms with Gasteiger partial charge in [0.15, 0.2) is 0 Å². The Kier molecular flexibility index (Phi) is 4.76. The quantitative estimate of drug-likeness (QED) is 0.802. The summed E-state index contributed by atoms with van der Waals surface area (Å²) in [6.45, 7) is 2.15. The van der Waals surface area contributed by atoms with Crippen molar-refractivity contribution in [1.29, 1.82) is 0 Å². The monoisotopic (exact) mass is 246 g/mol. The van der Waals surface area contributed by atoms with Crippen molar-refractivity contribution in [3.8, 4) is 0 Å². The number of carbonyl (C=O) groups is 1. The molecule has 0 unspecified atom stereocenters. The minimum Gasteiger partial charge on any atom is -0.287 e. The fourth-order valence-corrected chi connectivity index (χ4v) is 2.59. The number of rotatable bonds is 4. The molecule has 1 aliphatic carbocycles. The van der Waals surface area contributed by atoms with Crippen LogP contribution in [0.5, 0.6) is 0 Å². The molecule has 1 atom stereocenters. The van der Waals surface area contributed by atoms with Crippen molar-refractivity contribution in [1.82, 2.24) is 10.9 Å². The highest BCUT2D eigenvalue weighted by molar-refractivity contribution is 5.93. The molecule has 0 bridgehead atoms. The van der Waals surface area contributed by atoms with Crippen LogP contribution >= 0.6 is 0 Å². The molecule has 0 aliphatic heterocycles. The second kappa shape index (κ2) is 6.55. The molecule has 0 heterocycles. The predicted molar refractivity (Wildman–Crippen MR) is 73.1 cm³/mol. The van der Waals surface area contributed by atoms with Crippen molar-refractivity contribution in [2.45, 2.75) is 45.1 Å². The van der Waals surface area contributed by atoms with E-state index in [0.717, 1.165) is 0 Å². The topological polar surface area (TPSA) is 41.1 Å². The van der Waals surface area contributed by atoms with Gasteiger partial charge in [-0.05, 0) is 37.8 Å². The van der Waals surface area contributed by atoms with Gasteiger partial charge in [0, 0.05) is 11.6 Å². The van der Waals surface area contributed by atoms with E-state index in [-0.39, 0.29) is 5.91 Å². The van der Waals surface area contributed by atoms with Gasteiger partial charge in [-0.15, -0.1) is 0 Å². The Balaban J connectivity index is 1.78. The molecule has 18 heavy (non-hydrogen) atoms. The lowest BCUT2D eigenvalue weighted by Crippen LogP contribution is -2.46. The van der Waals surface area contributed by atoms with Crippen molar-refractivity contribution in [3.63, 3.8) is 0 Å². The maximum absolute atomic E-state index is 11.9. The maximum Gasteiger partial charge on any atom is 0.265 e. The smallest absolute Gasteiger partial charge is 0.265 e. The van der Waals surface area contributed by atoms with E-state index < -0.39 is 0 Å². The Morgan fingerprint density at radius 1 is 1.17 bits per heavy atom. The zero-order valence-corrected chi connectivity index (χ0v) is 11.0. The zero-order valence-electron chi connectivity index (χ0n) is 11.0. The van der Waals surface area contributed by atoms with Crippen molar-refractivity contribution in [3.05, 3.63) is 35.9 Å². The minimum atomic E-state index is -0.0572. The number of hydrogen-bond acceptors (Lipinski definition) is 2. The molecule has 0 radical (unpaired) electrons. The number of amides is 1. The third-order valence-electron chi connectivity index (χ3n) is 3.81. The number of hydrazine groups is 1. The summed E-state index contributed by atoms with van der Waals surface area (Å²) in [5, 5.41) is 0. The summed E-state index contributed by atoms with van der Waals surface area (Å²) in [5.74, 6) is 0.632. The first-order chi connectivity index (χ1) is 8.77. The normalized spacial score (nSPS) is 18.3. The Morgan fingerprint density at radius 3 is 2.50 bits per heavy atom. The fourth-order valence-electron chi connectivity index (χ4n) is 2.59. The van der Waals surface area contributed by atoms with E-state index in [1.165, 1.54) is 32.1 Å². The molecule has 0 saturated heterocycles. The van der Waals surface area contributed by atoms with Crippen LogP contribution in [-0.2, 0) is 0 Å². The minimum absolute atomic E-state index is 0.0572. The van der Waals surface area contributed by atoms with E-state index in [1.54, 1.807) is 0 Å². The third-order valence-corrected chi connectivity index (χ3v) is 3.81. The number of benzene rings is 1. The highest BCUT2D eigenvalue weighted by Crippen LogP contribution is 2.25. The molecule has 1 amide bonds. The summed E-state index contributed by atoms with van der Waals surface area (Å²) >= 11 is 0. The van der Waals surface area contributed by atoms with Gasteiger partial charge in [-0.3, -0.25) is 10.2 Å². The third kappa shape index (κ3) is 3.57. The molecular weight excluding hydrogens is 224 g/mol. The second-order valence-corrected chi connectivity index (χ2v) is 5.15. The van der Waals surface area contributed by atoms with Crippen LogP contribution in [0.25, 0.3) is 0 Å². The fraction of sp³-hybridized carbons (Fsp3) is 0.533. The molecule has 1 fully saturated rings. The zero-order chi connectivity index (χ0) is 12.8. The lowest BCUT2D eigenvalue weighted by Gasteiger charge is -2.28. The van der Waals surface area contributed by atoms with E-state index in [0.29, 0.717) is 17.5 Å². The second-order valence-electron chi connectivity index (χ2n) is 5.15. The van der Waals surface area contributed by atoms with Crippen LogP contribution < -0.4 is 10.9 Å². The van der Waals surface area contributed by atoms with Crippen LogP contribution in [0.15, 0.2) is 30.3 Å². The lowest BCUT2D eigenvalue weighted by molar-refractivity contribution is 0.0915. The molecule has 1 aromatic carbocycles. The van der Waals surface area contributed by atoms with Gasteiger partial charge in [-0.2, -0.15) is 0 Å². The standard InChI is InChI=1S/C15H22N2O/c1-12(13-8-4-2-5-9-13)16-17-15(18)14-10-6-3-7-11-14/h3,6-7,10-13,16H,2,4-5,8-9H2,1H3,(H,17,18)/t12-/m1/s1. The number of hydrogen-bond donors (Lipinski definition) is 2. The van der Waals surface area contributed by atoms with Gasteiger partial charge < -0.3 is 0 Å². The largest absolute Gasteiger partial charge is 0.287 e. The van der Waals surface area contributed by atoms with E-state index in [1.807, 2.05) is 30.3 Å². The van der Waals surface area contributed by atoms with Crippen LogP contribution in [0.1, 0.15) is 49.4 Å². The first-order valence-electron chi connectivity index (χ1n) is 6.88. The predicted octanol–water partition coefficient (Wildman–Crippen LogP) is 2.89. The first kappa shape index (κ1) is 13.1. The lowest BCUT2D eigenvalue weighted by atomic mass is 9.85. The van der Waals surface area contributed by atoms with E-state index in [2.05, 4.69) is 17.8 Å². The van der Waals surface area contributed by atoms with Crippen LogP contribution in [-0.4, -0.2) is 11.9 Å². The van der Waals surface area contributed by atoms with Gasteiger partial charge in [0.25, 0.3) is 5.91 Å². The molecule has 0 spiro atoms. The van der Waals surface area contributed by atoms with Gasteiger partial charge in [0.1, 0.15) is 0 Å². The van der Waals surface area contributed by atoms with Gasteiger partial charge >= 0.3 is 0 Å². The van der Waals surface area contributed by atoms with E-state index in [9.17, 15) is 4.79 Å². The SMILES string of the molecule is C[C@@H](NNC(=O)c1ccccc1)C1CCCCC1. The van der Waals surface area contributed by atoms with Gasteiger partial charge in [-0.25, -0.2) is 5.43 Å². The molecule has 2 N–H and O–H groups in total. The van der Waals surface area contributed by atoms with Crippen molar-refractivity contribution >= 4 is 5.91 Å². The molecule has 98 valence electrons. The Morgan fingerprint density at radius 2 is 1.83 bits per heavy atom. The van der Waals surface area contributed by atoms with Crippen LogP contribution in [0.4, 0.5) is 0 Å². The molecule has 1 aromatic rings. The molecule has 0 aromatic heterocycles. The summed E-state index contributed by atoms with van der Waals surface area (Å²) in [4.78, 5) is 11.9. The summed E-state index contributed by atoms with van der Waals surface area (Å²) < 4.78 is 0. The average molecular weight is 246 g/mol. The molecular formula is C15H22N2O. The van der Waals surface area contributed by atoms with Crippen LogP contribution in [0.2, 0.25) is 0 Å². The molecule has 3 heteroatoms. The molecule has 3 nitrogen and oxygen atoms in total. The van der Waals surface area contributed by atoms with Crippen molar-refractivity contribution < 1.29 is 4.79 Å². The van der Waals surface area contributed by atoms with Gasteiger partial charge in [0.2, 0.25) is 0 Å². The molecule has 2 rings (SSSR count). The van der Waals surface area contributed by atoms with Crippen molar-refractivity contribution in [2.75, 3.05) is 0 Å². The summed E-state index contributed by atoms with van der Waals surface area (Å²) in [5.41, 5.74) is 6.65. The number of carbonyl (C=O) groups excluding carboxylic acids is 1. The highest BCUT2D eigenvalue weighted by Gasteiger charge is 2.20. The van der Waals surface area contributed by atoms with Crippen molar-refractivity contribution in [2.24, 2.45) is 5.92 Å². The van der Waals surface area contributed by atoms with Crippen LogP contribution in [0, 0.1) is 5.92 Å². The summed E-state index contributed by atoms with van der Waals surface area (Å²) in [7, 11) is 0. The first-order valence-corrected chi connectivity index (χ1v) is 6.88. The van der Waals surface area contributed by atoms with Gasteiger partial charge in [0.05, 0.1) is 0 Å². The average Bonchev–Trinajstić information content (AvgIpc) is 2.46. The Hall–Kier alpha value is -1.35. The van der Waals surface area contributed by atoms with Crippen LogP contribution in [0.3, 0.4) is 0 Å². The Labute approximate surface area is 109 Å².